The zero-order valence-corrected chi connectivity index (χ0v) is 15.3. The molecule has 4 aromatic rings. The van der Waals surface area contributed by atoms with Gasteiger partial charge in [-0.15, -0.1) is 0 Å². The van der Waals surface area contributed by atoms with Crippen molar-refractivity contribution in [3.8, 4) is 0 Å². The van der Waals surface area contributed by atoms with E-state index in [2.05, 4.69) is 0 Å². The van der Waals surface area contributed by atoms with E-state index in [1.807, 2.05) is 72.8 Å². The Kier molecular flexibility index (Phi) is 5.16. The van der Waals surface area contributed by atoms with Gasteiger partial charge in [0, 0.05) is 0 Å². The van der Waals surface area contributed by atoms with Crippen molar-refractivity contribution in [2.45, 2.75) is 11.8 Å². The van der Waals surface area contributed by atoms with Crippen LogP contribution in [0.4, 0.5) is 8.78 Å². The third-order valence-corrected chi connectivity index (χ3v) is 5.39. The van der Waals surface area contributed by atoms with E-state index in [1.165, 1.54) is 0 Å². The number of alkyl halides is 2. The predicted molar refractivity (Wildman–Crippen MR) is 110 cm³/mol. The van der Waals surface area contributed by atoms with Crippen molar-refractivity contribution >= 4 is 27.3 Å². The van der Waals surface area contributed by atoms with Crippen LogP contribution in [0.1, 0.15) is 23.0 Å². The van der Waals surface area contributed by atoms with E-state index in [1.54, 1.807) is 12.1 Å². The van der Waals surface area contributed by atoms with Gasteiger partial charge in [0.25, 0.3) is 0 Å². The fraction of sp³-hybridized carbons (Fsp3) is 0.160. The summed E-state index contributed by atoms with van der Waals surface area (Å²) in [5.74, 6) is -2.41. The van der Waals surface area contributed by atoms with Crippen molar-refractivity contribution in [2.75, 3.05) is 13.3 Å². The van der Waals surface area contributed by atoms with Crippen molar-refractivity contribution in [1.29, 1.82) is 0 Å². The van der Waals surface area contributed by atoms with Gasteiger partial charge in [0.05, 0.1) is 11.8 Å². The summed E-state index contributed by atoms with van der Waals surface area (Å²) in [4.78, 5) is 13.3. The first kappa shape index (κ1) is 18.3. The lowest BCUT2D eigenvalue weighted by molar-refractivity contribution is -0.122. The molecule has 4 rings (SSSR count). The Morgan fingerprint density at radius 2 is 1.00 bits per heavy atom. The average Bonchev–Trinajstić information content (AvgIpc) is 2.75. The maximum absolute atomic E-state index is 14.1. The van der Waals surface area contributed by atoms with Crippen LogP contribution in [0.3, 0.4) is 0 Å². The molecular formula is C25H20F2O. The minimum atomic E-state index is -0.995. The highest BCUT2D eigenvalue weighted by atomic mass is 19.1. The smallest absolute Gasteiger partial charge is 0.153 e. The second-order valence-corrected chi connectivity index (χ2v) is 6.95. The number of benzene rings is 4. The Balaban J connectivity index is 1.80. The minimum absolute atomic E-state index is 0.419. The van der Waals surface area contributed by atoms with E-state index in [0.717, 1.165) is 21.5 Å². The molecule has 0 aliphatic rings. The molecule has 0 saturated carbocycles. The van der Waals surface area contributed by atoms with Crippen molar-refractivity contribution in [1.82, 2.24) is 0 Å². The molecule has 0 aliphatic heterocycles. The Bertz CT molecular complexity index is 1040. The topological polar surface area (TPSA) is 17.1 Å². The lowest BCUT2D eigenvalue weighted by Gasteiger charge is -2.21. The van der Waals surface area contributed by atoms with Crippen molar-refractivity contribution in [3.05, 3.63) is 96.1 Å². The largest absolute Gasteiger partial charge is 0.298 e. The van der Waals surface area contributed by atoms with Crippen LogP contribution in [-0.2, 0) is 4.79 Å². The molecule has 3 heteroatoms. The highest BCUT2D eigenvalue weighted by Crippen LogP contribution is 2.34. The van der Waals surface area contributed by atoms with Crippen molar-refractivity contribution in [2.24, 2.45) is 0 Å². The first-order valence-electron chi connectivity index (χ1n) is 9.35. The molecule has 0 spiro atoms. The second-order valence-electron chi connectivity index (χ2n) is 6.95. The average molecular weight is 374 g/mol. The molecule has 0 aromatic heterocycles. The summed E-state index contributed by atoms with van der Waals surface area (Å²) in [5, 5.41) is 3.54. The van der Waals surface area contributed by atoms with Crippen LogP contribution in [-0.4, -0.2) is 19.1 Å². The molecule has 0 radical (unpaired) electrons. The Morgan fingerprint density at radius 3 is 1.43 bits per heavy atom. The maximum atomic E-state index is 14.1. The molecule has 0 fully saturated rings. The van der Waals surface area contributed by atoms with Gasteiger partial charge >= 0.3 is 0 Å². The van der Waals surface area contributed by atoms with E-state index in [4.69, 9.17) is 0 Å². The van der Waals surface area contributed by atoms with Crippen LogP contribution in [0.5, 0.6) is 0 Å². The van der Waals surface area contributed by atoms with Gasteiger partial charge in [0.15, 0.2) is 5.78 Å². The lowest BCUT2D eigenvalue weighted by atomic mass is 9.82. The molecule has 0 aliphatic carbocycles. The molecule has 2 unspecified atom stereocenters. The molecule has 0 saturated heterocycles. The standard InChI is InChI=1S/C25H20F2O/c26-15-23(21-13-5-9-17-7-1-3-11-19(17)21)25(28)24(16-27)22-14-6-10-18-8-2-4-12-20(18)22/h1-14,23-24H,15-16H2. The van der Waals surface area contributed by atoms with Crippen molar-refractivity contribution in [3.63, 3.8) is 0 Å². The molecule has 2 atom stereocenters. The molecule has 4 aromatic carbocycles. The van der Waals surface area contributed by atoms with E-state index in [0.29, 0.717) is 11.1 Å². The number of fused-ring (bicyclic) bond motifs is 2. The van der Waals surface area contributed by atoms with Crippen LogP contribution in [0, 0.1) is 0 Å². The Hall–Kier alpha value is -3.07. The quantitative estimate of drug-likeness (QED) is 0.383. The summed E-state index contributed by atoms with van der Waals surface area (Å²) in [7, 11) is 0. The highest BCUT2D eigenvalue weighted by Gasteiger charge is 2.31. The van der Waals surface area contributed by atoms with Gasteiger partial charge < -0.3 is 0 Å². The van der Waals surface area contributed by atoms with Crippen LogP contribution in [0.15, 0.2) is 84.9 Å². The van der Waals surface area contributed by atoms with Crippen LogP contribution >= 0.6 is 0 Å². The number of hydrogen-bond acceptors (Lipinski definition) is 1. The van der Waals surface area contributed by atoms with E-state index in [9.17, 15) is 13.6 Å². The third kappa shape index (κ3) is 3.18. The zero-order chi connectivity index (χ0) is 19.5. The molecule has 0 amide bonds. The number of ketones is 1. The first-order valence-corrected chi connectivity index (χ1v) is 9.35. The summed E-state index contributed by atoms with van der Waals surface area (Å²) in [6.07, 6.45) is 0. The molecule has 0 heterocycles. The SMILES string of the molecule is O=C(C(CF)c1cccc2ccccc12)C(CF)c1cccc2ccccc12. The number of halogens is 2. The van der Waals surface area contributed by atoms with E-state index >= 15 is 0 Å². The van der Waals surface area contributed by atoms with Gasteiger partial charge in [-0.05, 0) is 32.7 Å². The summed E-state index contributed by atoms with van der Waals surface area (Å²) in [6, 6.07) is 26.2. The summed E-state index contributed by atoms with van der Waals surface area (Å²) in [6.45, 7) is -1.71. The zero-order valence-electron chi connectivity index (χ0n) is 15.3. The van der Waals surface area contributed by atoms with Gasteiger partial charge in [-0.1, -0.05) is 84.9 Å². The third-order valence-electron chi connectivity index (χ3n) is 5.39. The van der Waals surface area contributed by atoms with Gasteiger partial charge in [-0.2, -0.15) is 0 Å². The molecular weight excluding hydrogens is 354 g/mol. The van der Waals surface area contributed by atoms with Gasteiger partial charge in [-0.3, -0.25) is 4.79 Å². The number of hydrogen-bond donors (Lipinski definition) is 0. The summed E-state index contributed by atoms with van der Waals surface area (Å²) >= 11 is 0. The number of carbonyl (C=O) groups excluding carboxylic acids is 1. The molecule has 1 nitrogen and oxygen atoms in total. The predicted octanol–water partition coefficient (Wildman–Crippen LogP) is 6.37. The number of carbonyl (C=O) groups is 1. The molecule has 0 N–H and O–H groups in total. The number of Topliss-reactive ketones (excluding diaryl/α,β-unsaturated/α-hetero) is 1. The minimum Gasteiger partial charge on any atom is -0.298 e. The highest BCUT2D eigenvalue weighted by molar-refractivity contribution is 6.00. The monoisotopic (exact) mass is 374 g/mol. The maximum Gasteiger partial charge on any atom is 0.153 e. The summed E-state index contributed by atoms with van der Waals surface area (Å²) < 4.78 is 28.2. The lowest BCUT2D eigenvalue weighted by Crippen LogP contribution is -2.24. The fourth-order valence-corrected chi connectivity index (χ4v) is 3.98. The van der Waals surface area contributed by atoms with E-state index < -0.39 is 31.0 Å². The molecule has 140 valence electrons. The van der Waals surface area contributed by atoms with Crippen LogP contribution in [0.25, 0.3) is 21.5 Å². The Labute approximate surface area is 162 Å². The van der Waals surface area contributed by atoms with Crippen LogP contribution < -0.4 is 0 Å². The molecule has 28 heavy (non-hydrogen) atoms. The van der Waals surface area contributed by atoms with E-state index in [-0.39, 0.29) is 0 Å². The number of rotatable bonds is 6. The van der Waals surface area contributed by atoms with Gasteiger partial charge in [0.1, 0.15) is 13.3 Å². The van der Waals surface area contributed by atoms with Gasteiger partial charge in [0.2, 0.25) is 0 Å². The second kappa shape index (κ2) is 7.89. The molecule has 0 bridgehead atoms. The van der Waals surface area contributed by atoms with Crippen LogP contribution in [0.2, 0.25) is 0 Å². The summed E-state index contributed by atoms with van der Waals surface area (Å²) in [5.41, 5.74) is 1.23. The normalized spacial score (nSPS) is 13.5. The first-order chi connectivity index (χ1) is 13.7. The van der Waals surface area contributed by atoms with Gasteiger partial charge in [-0.25, -0.2) is 8.78 Å². The fourth-order valence-electron chi connectivity index (χ4n) is 3.98. The van der Waals surface area contributed by atoms with Crippen molar-refractivity contribution < 1.29 is 13.6 Å². The Morgan fingerprint density at radius 1 is 0.607 bits per heavy atom.